The van der Waals surface area contributed by atoms with E-state index in [1.807, 2.05) is 51.4 Å². The number of hydrogen-bond donors (Lipinski definition) is 0. The van der Waals surface area contributed by atoms with Crippen molar-refractivity contribution in [2.24, 2.45) is 0 Å². The van der Waals surface area contributed by atoms with E-state index in [4.69, 9.17) is 4.74 Å². The highest BCUT2D eigenvalue weighted by Crippen LogP contribution is 2.07. The molecule has 0 aliphatic heterocycles. The summed E-state index contributed by atoms with van der Waals surface area (Å²) >= 11 is 0. The van der Waals surface area contributed by atoms with Crippen LogP contribution in [0.25, 0.3) is 0 Å². The van der Waals surface area contributed by atoms with Crippen LogP contribution in [0.2, 0.25) is 0 Å². The second-order valence-corrected chi connectivity index (χ2v) is 6.71. The van der Waals surface area contributed by atoms with Crippen LogP contribution in [0.5, 0.6) is 0 Å². The topological polar surface area (TPSA) is 26.3 Å². The molecule has 4 heteroatoms. The summed E-state index contributed by atoms with van der Waals surface area (Å²) in [5, 5.41) is 0. The Bertz CT molecular complexity index is 338. The van der Waals surface area contributed by atoms with E-state index in [0.29, 0.717) is 4.15 Å². The summed E-state index contributed by atoms with van der Waals surface area (Å²) in [5.74, 6) is 0.187. The molecule has 0 aromatic heterocycles. The summed E-state index contributed by atoms with van der Waals surface area (Å²) in [6, 6.07) is 9.47. The largest absolute Gasteiger partial charge is 0.379 e. The van der Waals surface area contributed by atoms with Gasteiger partial charge in [-0.05, 0) is 19.1 Å². The molecule has 0 unspecified atom stereocenters. The van der Waals surface area contributed by atoms with Crippen LogP contribution in [0.15, 0.2) is 30.3 Å². The molecular weight excluding hydrogens is 218 g/mol. The summed E-state index contributed by atoms with van der Waals surface area (Å²) in [6.45, 7) is 2.71. The number of hydrogen-bond acceptors (Lipinski definition) is 2. The third kappa shape index (κ3) is 3.55. The second-order valence-electron chi connectivity index (χ2n) is 4.28. The molecule has 1 aromatic carbocycles. The third-order valence-electron chi connectivity index (χ3n) is 2.57. The monoisotopic (exact) mass is 238 g/mol. The number of benzene rings is 1. The van der Waals surface area contributed by atoms with Gasteiger partial charge in [0.15, 0.2) is 0 Å². The maximum absolute atomic E-state index is 12.2. The number of rotatable bonds is 5. The minimum absolute atomic E-state index is 0.187. The number of carbonyl (C=O) groups is 1. The molecular formula is C12H20NO2Si+. The zero-order valence-corrected chi connectivity index (χ0v) is 11.7. The Morgan fingerprint density at radius 3 is 2.50 bits per heavy atom. The van der Waals surface area contributed by atoms with Gasteiger partial charge in [-0.25, -0.2) is 4.79 Å². The van der Waals surface area contributed by atoms with Crippen molar-refractivity contribution >= 4 is 15.6 Å². The normalized spacial score (nSPS) is 12.2. The minimum Gasteiger partial charge on any atom is -0.379 e. The van der Waals surface area contributed by atoms with Crippen LogP contribution in [0.3, 0.4) is 0 Å². The SMILES string of the molecule is CCOC[SiH2][N+](C)(C)C(=O)c1ccccc1. The smallest absolute Gasteiger partial charge is 0.328 e. The summed E-state index contributed by atoms with van der Waals surface area (Å²) in [4.78, 5) is 12.2. The summed E-state index contributed by atoms with van der Waals surface area (Å²) in [6.07, 6.45) is 0.752. The molecule has 0 aliphatic carbocycles. The zero-order valence-electron chi connectivity index (χ0n) is 10.3. The fraction of sp³-hybridized carbons (Fsp3) is 0.417. The van der Waals surface area contributed by atoms with Gasteiger partial charge in [0.05, 0.1) is 25.9 Å². The first-order valence-corrected chi connectivity index (χ1v) is 7.22. The van der Waals surface area contributed by atoms with Crippen LogP contribution in [0.1, 0.15) is 17.3 Å². The number of carbonyl (C=O) groups excluding carboxylic acids is 1. The van der Waals surface area contributed by atoms with Gasteiger partial charge in [0.1, 0.15) is 0 Å². The van der Waals surface area contributed by atoms with Crippen LogP contribution in [-0.4, -0.2) is 46.7 Å². The minimum atomic E-state index is -0.597. The molecule has 0 saturated carbocycles. The molecule has 1 aromatic rings. The summed E-state index contributed by atoms with van der Waals surface area (Å²) in [7, 11) is 3.35. The van der Waals surface area contributed by atoms with E-state index in [2.05, 4.69) is 0 Å². The van der Waals surface area contributed by atoms with E-state index in [1.165, 1.54) is 0 Å². The third-order valence-corrected chi connectivity index (χ3v) is 4.45. The first-order chi connectivity index (χ1) is 7.58. The number of quaternary nitrogens is 1. The molecule has 88 valence electrons. The van der Waals surface area contributed by atoms with E-state index in [0.717, 1.165) is 18.4 Å². The first-order valence-electron chi connectivity index (χ1n) is 5.58. The van der Waals surface area contributed by atoms with Gasteiger partial charge in [-0.15, -0.1) is 0 Å². The Balaban J connectivity index is 2.65. The molecule has 1 amide bonds. The average molecular weight is 238 g/mol. The molecule has 0 N–H and O–H groups in total. The molecule has 0 heterocycles. The van der Waals surface area contributed by atoms with Gasteiger partial charge >= 0.3 is 5.91 Å². The fourth-order valence-corrected chi connectivity index (χ4v) is 2.73. The number of nitrogens with zero attached hydrogens (tertiary/aromatic N) is 1. The summed E-state index contributed by atoms with van der Waals surface area (Å²) < 4.78 is 5.81. The highest BCUT2D eigenvalue weighted by Gasteiger charge is 2.27. The van der Waals surface area contributed by atoms with E-state index >= 15 is 0 Å². The lowest BCUT2D eigenvalue weighted by atomic mass is 10.2. The van der Waals surface area contributed by atoms with Crippen molar-refractivity contribution in [2.75, 3.05) is 26.9 Å². The van der Waals surface area contributed by atoms with Gasteiger partial charge in [-0.3, -0.25) is 0 Å². The van der Waals surface area contributed by atoms with Crippen molar-refractivity contribution in [1.29, 1.82) is 0 Å². The first kappa shape index (κ1) is 13.1. The molecule has 0 spiro atoms. The quantitative estimate of drug-likeness (QED) is 0.565. The average Bonchev–Trinajstić information content (AvgIpc) is 2.29. The van der Waals surface area contributed by atoms with Crippen molar-refractivity contribution in [2.45, 2.75) is 6.92 Å². The molecule has 3 nitrogen and oxygen atoms in total. The lowest BCUT2D eigenvalue weighted by molar-refractivity contribution is -0.689. The van der Waals surface area contributed by atoms with Crippen LogP contribution in [0, 0.1) is 0 Å². The van der Waals surface area contributed by atoms with E-state index < -0.39 is 9.68 Å². The van der Waals surface area contributed by atoms with Crippen LogP contribution in [-0.2, 0) is 4.74 Å². The maximum atomic E-state index is 12.2. The molecule has 0 radical (unpaired) electrons. The van der Waals surface area contributed by atoms with Crippen molar-refractivity contribution in [1.82, 2.24) is 0 Å². The highest BCUT2D eigenvalue weighted by molar-refractivity contribution is 6.30. The summed E-state index contributed by atoms with van der Waals surface area (Å²) in [5.41, 5.74) is 0.788. The molecule has 0 bridgehead atoms. The van der Waals surface area contributed by atoms with E-state index in [-0.39, 0.29) is 5.91 Å². The molecule has 0 atom stereocenters. The lowest BCUT2D eigenvalue weighted by Gasteiger charge is -2.27. The Kier molecular flexibility index (Phi) is 4.86. The van der Waals surface area contributed by atoms with Gasteiger partial charge in [0, 0.05) is 6.61 Å². The van der Waals surface area contributed by atoms with Crippen LogP contribution in [0.4, 0.5) is 0 Å². The predicted octanol–water partition coefficient (Wildman–Crippen LogP) is 0.981. The van der Waals surface area contributed by atoms with E-state index in [9.17, 15) is 4.79 Å². The van der Waals surface area contributed by atoms with Crippen LogP contribution < -0.4 is 0 Å². The Morgan fingerprint density at radius 2 is 1.94 bits per heavy atom. The van der Waals surface area contributed by atoms with Gasteiger partial charge in [-0.1, -0.05) is 18.2 Å². The Labute approximate surface area is 99.5 Å². The van der Waals surface area contributed by atoms with Crippen LogP contribution >= 0.6 is 0 Å². The Morgan fingerprint density at radius 1 is 1.31 bits per heavy atom. The van der Waals surface area contributed by atoms with Crippen molar-refractivity contribution in [3.8, 4) is 0 Å². The van der Waals surface area contributed by atoms with Crippen molar-refractivity contribution < 1.29 is 13.7 Å². The van der Waals surface area contributed by atoms with Gasteiger partial charge < -0.3 is 8.89 Å². The molecule has 0 saturated heterocycles. The van der Waals surface area contributed by atoms with Gasteiger partial charge in [-0.2, -0.15) is 0 Å². The fourth-order valence-electron chi connectivity index (χ4n) is 1.47. The number of amides is 1. The van der Waals surface area contributed by atoms with Gasteiger partial charge in [0.2, 0.25) is 0 Å². The molecule has 0 fully saturated rings. The maximum Gasteiger partial charge on any atom is 0.328 e. The lowest BCUT2D eigenvalue weighted by Crippen LogP contribution is -2.50. The van der Waals surface area contributed by atoms with E-state index in [1.54, 1.807) is 0 Å². The zero-order chi connectivity index (χ0) is 12.0. The molecule has 16 heavy (non-hydrogen) atoms. The molecule has 1 rings (SSSR count). The Hall–Kier alpha value is -0.973. The molecule has 0 aliphatic rings. The standard InChI is InChI=1S/C12H20NO2Si/c1-4-15-10-16-13(2,3)12(14)11-8-6-5-7-9-11/h5-9H,4,10,16H2,1-3H3/q+1. The predicted molar refractivity (Wildman–Crippen MR) is 67.9 cm³/mol. The van der Waals surface area contributed by atoms with Gasteiger partial charge in [0.25, 0.3) is 9.68 Å². The van der Waals surface area contributed by atoms with Crippen molar-refractivity contribution in [3.63, 3.8) is 0 Å². The highest BCUT2D eigenvalue weighted by atomic mass is 28.2. The second kappa shape index (κ2) is 5.93. The number of ether oxygens (including phenoxy) is 1. The van der Waals surface area contributed by atoms with Crippen molar-refractivity contribution in [3.05, 3.63) is 35.9 Å².